The van der Waals surface area contributed by atoms with Crippen LogP contribution in [-0.2, 0) is 6.54 Å². The summed E-state index contributed by atoms with van der Waals surface area (Å²) >= 11 is 0. The van der Waals surface area contributed by atoms with Gasteiger partial charge in [0.15, 0.2) is 11.5 Å². The van der Waals surface area contributed by atoms with Gasteiger partial charge in [-0.1, -0.05) is 18.2 Å². The second kappa shape index (κ2) is 7.24. The first-order chi connectivity index (χ1) is 14.2. The fourth-order valence-corrected chi connectivity index (χ4v) is 3.24. The minimum atomic E-state index is -0.132. The zero-order chi connectivity index (χ0) is 19.6. The van der Waals surface area contributed by atoms with Crippen LogP contribution in [0.3, 0.4) is 0 Å². The second-order valence-corrected chi connectivity index (χ2v) is 6.71. The molecule has 0 radical (unpaired) electrons. The van der Waals surface area contributed by atoms with E-state index in [2.05, 4.69) is 10.3 Å². The Balaban J connectivity index is 1.30. The minimum Gasteiger partial charge on any atom is -0.457 e. The molecule has 0 amide bonds. The first-order valence-corrected chi connectivity index (χ1v) is 9.27. The summed E-state index contributed by atoms with van der Waals surface area (Å²) in [5.74, 6) is 2.88. The highest BCUT2D eigenvalue weighted by atomic mass is 16.7. The van der Waals surface area contributed by atoms with Crippen molar-refractivity contribution in [3.63, 3.8) is 0 Å². The van der Waals surface area contributed by atoms with Crippen molar-refractivity contribution < 1.29 is 14.2 Å². The van der Waals surface area contributed by atoms with E-state index in [-0.39, 0.29) is 12.4 Å². The van der Waals surface area contributed by atoms with Gasteiger partial charge in [-0.2, -0.15) is 0 Å². The number of benzene rings is 3. The quantitative estimate of drug-likeness (QED) is 0.522. The number of anilines is 1. The van der Waals surface area contributed by atoms with E-state index in [0.717, 1.165) is 28.1 Å². The average molecular weight is 386 g/mol. The molecule has 0 fully saturated rings. The van der Waals surface area contributed by atoms with Crippen LogP contribution < -0.4 is 25.1 Å². The lowest BCUT2D eigenvalue weighted by Crippen LogP contribution is -2.15. The Morgan fingerprint density at radius 2 is 1.62 bits per heavy atom. The normalized spacial score (nSPS) is 12.1. The summed E-state index contributed by atoms with van der Waals surface area (Å²) in [5.41, 5.74) is 2.13. The summed E-state index contributed by atoms with van der Waals surface area (Å²) in [7, 11) is 0. The maximum atomic E-state index is 12.4. The van der Waals surface area contributed by atoms with Gasteiger partial charge in [0.05, 0.1) is 5.52 Å². The number of ether oxygens (including phenoxy) is 3. The molecular weight excluding hydrogens is 368 g/mol. The number of rotatable bonds is 5. The fraction of sp³-hybridized carbons (Fsp3) is 0.0870. The molecule has 0 unspecified atom stereocenters. The van der Waals surface area contributed by atoms with E-state index < -0.39 is 0 Å². The van der Waals surface area contributed by atoms with Crippen molar-refractivity contribution in [3.8, 4) is 23.0 Å². The van der Waals surface area contributed by atoms with E-state index in [1.165, 1.54) is 0 Å². The van der Waals surface area contributed by atoms with Crippen molar-refractivity contribution in [2.75, 3.05) is 12.1 Å². The molecule has 6 heteroatoms. The van der Waals surface area contributed by atoms with Gasteiger partial charge in [-0.15, -0.1) is 0 Å². The van der Waals surface area contributed by atoms with Crippen molar-refractivity contribution in [2.45, 2.75) is 6.54 Å². The van der Waals surface area contributed by atoms with Crippen LogP contribution in [-0.4, -0.2) is 11.8 Å². The molecule has 0 aliphatic carbocycles. The molecule has 3 aromatic carbocycles. The Hall–Kier alpha value is -3.93. The first kappa shape index (κ1) is 17.2. The molecule has 0 saturated carbocycles. The Morgan fingerprint density at radius 3 is 2.41 bits per heavy atom. The van der Waals surface area contributed by atoms with E-state index in [1.54, 1.807) is 6.07 Å². The summed E-state index contributed by atoms with van der Waals surface area (Å²) in [6.07, 6.45) is 0. The van der Waals surface area contributed by atoms with Gasteiger partial charge >= 0.3 is 0 Å². The lowest BCUT2D eigenvalue weighted by Gasteiger charge is -2.09. The minimum absolute atomic E-state index is 0.132. The van der Waals surface area contributed by atoms with Crippen LogP contribution in [0.4, 0.5) is 5.69 Å². The van der Waals surface area contributed by atoms with Crippen molar-refractivity contribution >= 4 is 16.6 Å². The van der Waals surface area contributed by atoms with E-state index in [9.17, 15) is 4.79 Å². The van der Waals surface area contributed by atoms with E-state index in [4.69, 9.17) is 14.2 Å². The molecule has 5 rings (SSSR count). The molecule has 1 aromatic heterocycles. The average Bonchev–Trinajstić information content (AvgIpc) is 3.20. The molecule has 144 valence electrons. The third-order valence-corrected chi connectivity index (χ3v) is 4.73. The number of fused-ring (bicyclic) bond motifs is 2. The number of para-hydroxylation sites is 1. The molecule has 1 aliphatic rings. The molecule has 0 saturated heterocycles. The third-order valence-electron chi connectivity index (χ3n) is 4.73. The van der Waals surface area contributed by atoms with Gasteiger partial charge in [0.2, 0.25) is 6.79 Å². The summed E-state index contributed by atoms with van der Waals surface area (Å²) in [4.78, 5) is 15.3. The van der Waals surface area contributed by atoms with Crippen LogP contribution in [0.2, 0.25) is 0 Å². The van der Waals surface area contributed by atoms with Gasteiger partial charge in [0.1, 0.15) is 11.5 Å². The zero-order valence-electron chi connectivity index (χ0n) is 15.5. The van der Waals surface area contributed by atoms with Crippen molar-refractivity contribution in [1.82, 2.24) is 4.98 Å². The van der Waals surface area contributed by atoms with Gasteiger partial charge in [-0.05, 0) is 48.5 Å². The predicted octanol–water partition coefficient (Wildman–Crippen LogP) is 4.66. The number of hydrogen-bond donors (Lipinski definition) is 2. The molecule has 2 N–H and O–H groups in total. The van der Waals surface area contributed by atoms with Crippen LogP contribution >= 0.6 is 0 Å². The predicted molar refractivity (Wildman–Crippen MR) is 111 cm³/mol. The maximum Gasteiger partial charge on any atom is 0.253 e. The standard InChI is InChI=1S/C23H18N2O4/c26-23-16(10-15-11-21-22(28-14-27-21)12-20(15)25-23)13-24-17-6-8-19(9-7-17)29-18-4-2-1-3-5-18/h1-12,24H,13-14H2,(H,25,26). The number of pyridine rings is 1. The summed E-state index contributed by atoms with van der Waals surface area (Å²) in [6.45, 7) is 0.604. The topological polar surface area (TPSA) is 72.6 Å². The largest absolute Gasteiger partial charge is 0.457 e. The number of H-pyrrole nitrogens is 1. The third kappa shape index (κ3) is 3.60. The maximum absolute atomic E-state index is 12.4. The first-order valence-electron chi connectivity index (χ1n) is 9.27. The summed E-state index contributed by atoms with van der Waals surface area (Å²) in [5, 5.41) is 4.18. The molecule has 0 spiro atoms. The van der Waals surface area contributed by atoms with Gasteiger partial charge in [0, 0.05) is 29.2 Å². The van der Waals surface area contributed by atoms with Gasteiger partial charge < -0.3 is 24.5 Å². The van der Waals surface area contributed by atoms with Crippen molar-refractivity contribution in [1.29, 1.82) is 0 Å². The molecule has 0 atom stereocenters. The number of hydrogen-bond acceptors (Lipinski definition) is 5. The number of aromatic amines is 1. The molecule has 0 bridgehead atoms. The molecule has 6 nitrogen and oxygen atoms in total. The van der Waals surface area contributed by atoms with E-state index in [1.807, 2.05) is 66.7 Å². The smallest absolute Gasteiger partial charge is 0.253 e. The number of aromatic nitrogens is 1. The Morgan fingerprint density at radius 1 is 0.897 bits per heavy atom. The van der Waals surface area contributed by atoms with Gasteiger partial charge in [0.25, 0.3) is 5.56 Å². The van der Waals surface area contributed by atoms with Crippen LogP contribution in [0.5, 0.6) is 23.0 Å². The molecule has 4 aromatic rings. The monoisotopic (exact) mass is 386 g/mol. The van der Waals surface area contributed by atoms with Gasteiger partial charge in [-0.25, -0.2) is 0 Å². The SMILES string of the molecule is O=c1[nH]c2cc3c(cc2cc1CNc1ccc(Oc2ccccc2)cc1)OCO3. The molecule has 2 heterocycles. The highest BCUT2D eigenvalue weighted by molar-refractivity contribution is 5.83. The Kier molecular flexibility index (Phi) is 4.29. The second-order valence-electron chi connectivity index (χ2n) is 6.71. The van der Waals surface area contributed by atoms with E-state index in [0.29, 0.717) is 23.6 Å². The van der Waals surface area contributed by atoms with Crippen molar-refractivity contribution in [2.24, 2.45) is 0 Å². The van der Waals surface area contributed by atoms with Crippen molar-refractivity contribution in [3.05, 3.63) is 88.7 Å². The lowest BCUT2D eigenvalue weighted by molar-refractivity contribution is 0.174. The van der Waals surface area contributed by atoms with E-state index >= 15 is 0 Å². The Labute approximate surface area is 166 Å². The van der Waals surface area contributed by atoms with Crippen LogP contribution in [0.15, 0.2) is 77.6 Å². The number of nitrogens with one attached hydrogen (secondary N) is 2. The summed E-state index contributed by atoms with van der Waals surface area (Å²) in [6, 6.07) is 22.8. The Bertz CT molecular complexity index is 1220. The highest BCUT2D eigenvalue weighted by Crippen LogP contribution is 2.35. The van der Waals surface area contributed by atoms with Crippen LogP contribution in [0.1, 0.15) is 5.56 Å². The highest BCUT2D eigenvalue weighted by Gasteiger charge is 2.15. The van der Waals surface area contributed by atoms with Gasteiger partial charge in [-0.3, -0.25) is 4.79 Å². The molecular formula is C23H18N2O4. The zero-order valence-corrected chi connectivity index (χ0v) is 15.5. The fourth-order valence-electron chi connectivity index (χ4n) is 3.24. The summed E-state index contributed by atoms with van der Waals surface area (Å²) < 4.78 is 16.6. The van der Waals surface area contributed by atoms with Crippen LogP contribution in [0, 0.1) is 0 Å². The molecule has 29 heavy (non-hydrogen) atoms. The molecule has 1 aliphatic heterocycles. The lowest BCUT2D eigenvalue weighted by atomic mass is 10.1. The van der Waals surface area contributed by atoms with Crippen LogP contribution in [0.25, 0.3) is 10.9 Å².